The van der Waals surface area contributed by atoms with Gasteiger partial charge in [0.05, 0.1) is 5.39 Å². The number of hydrogen-bond donors (Lipinski definition) is 0. The third-order valence-electron chi connectivity index (χ3n) is 4.78. The average Bonchev–Trinajstić information content (AvgIpc) is 3.25. The van der Waals surface area contributed by atoms with E-state index in [-0.39, 0.29) is 0 Å². The molecule has 0 atom stereocenters. The molecule has 0 bridgehead atoms. The second-order valence-electron chi connectivity index (χ2n) is 6.86. The molecule has 0 saturated heterocycles. The first-order valence-electron chi connectivity index (χ1n) is 9.69. The van der Waals surface area contributed by atoms with Gasteiger partial charge in [0, 0.05) is 16.0 Å². The van der Waals surface area contributed by atoms with E-state index in [0.29, 0.717) is 23.3 Å². The number of hydrogen-bond acceptors (Lipinski definition) is 5. The van der Waals surface area contributed by atoms with Gasteiger partial charge in [-0.25, -0.2) is 9.97 Å². The van der Waals surface area contributed by atoms with E-state index in [9.17, 15) is 0 Å². The lowest BCUT2D eigenvalue weighted by atomic mass is 10.1. The van der Waals surface area contributed by atoms with Crippen molar-refractivity contribution in [3.63, 3.8) is 0 Å². The number of nitrogens with zero attached hydrogens (tertiary/aromatic N) is 2. The maximum Gasteiger partial charge on any atom is 0.231 e. The fourth-order valence-electron chi connectivity index (χ4n) is 3.22. The Balaban J connectivity index is 1.38. The van der Waals surface area contributed by atoms with Crippen LogP contribution in [-0.2, 0) is 6.61 Å². The molecule has 31 heavy (non-hydrogen) atoms. The summed E-state index contributed by atoms with van der Waals surface area (Å²) in [6, 6.07) is 25.3. The Kier molecular flexibility index (Phi) is 5.52. The number of halogens is 1. The maximum absolute atomic E-state index is 6.13. The van der Waals surface area contributed by atoms with Gasteiger partial charge in [-0.05, 0) is 47.5 Å². The lowest BCUT2D eigenvalue weighted by Crippen LogP contribution is -1.95. The van der Waals surface area contributed by atoms with Crippen molar-refractivity contribution in [1.29, 1.82) is 0 Å². The molecule has 4 nitrogen and oxygen atoms in total. The lowest BCUT2D eigenvalue weighted by molar-refractivity contribution is 0.305. The van der Waals surface area contributed by atoms with E-state index in [1.165, 1.54) is 6.33 Å². The number of aromatic nitrogens is 2. The molecule has 0 aliphatic carbocycles. The normalized spacial score (nSPS) is 10.9. The second-order valence-corrected chi connectivity index (χ2v) is 8.16. The minimum Gasteiger partial charge on any atom is -0.489 e. The summed E-state index contributed by atoms with van der Waals surface area (Å²) >= 11 is 7.60. The summed E-state index contributed by atoms with van der Waals surface area (Å²) in [5.41, 5.74) is 3.19. The van der Waals surface area contributed by atoms with E-state index in [1.54, 1.807) is 11.3 Å². The SMILES string of the molecule is Clc1ccc(-c2csc3ncnc(Oc4ccc(OCc5ccccc5)cc4)c23)cc1. The van der Waals surface area contributed by atoms with Crippen molar-refractivity contribution < 1.29 is 9.47 Å². The summed E-state index contributed by atoms with van der Waals surface area (Å²) in [5, 5.41) is 3.65. The third kappa shape index (κ3) is 4.38. The number of fused-ring (bicyclic) bond motifs is 1. The molecule has 3 aromatic carbocycles. The third-order valence-corrected chi connectivity index (χ3v) is 5.92. The average molecular weight is 445 g/mol. The molecule has 0 unspecified atom stereocenters. The summed E-state index contributed by atoms with van der Waals surface area (Å²) in [7, 11) is 0. The highest BCUT2D eigenvalue weighted by molar-refractivity contribution is 7.17. The van der Waals surface area contributed by atoms with Crippen molar-refractivity contribution in [2.75, 3.05) is 0 Å². The van der Waals surface area contributed by atoms with Crippen LogP contribution in [0.4, 0.5) is 0 Å². The summed E-state index contributed by atoms with van der Waals surface area (Å²) in [6.45, 7) is 0.521. The largest absolute Gasteiger partial charge is 0.489 e. The zero-order valence-electron chi connectivity index (χ0n) is 16.4. The van der Waals surface area contributed by atoms with Gasteiger partial charge in [0.1, 0.15) is 29.3 Å². The number of rotatable bonds is 6. The summed E-state index contributed by atoms with van der Waals surface area (Å²) in [4.78, 5) is 9.66. The molecule has 0 aliphatic rings. The molecular formula is C25H17ClN2O2S. The molecule has 2 aromatic heterocycles. The number of benzene rings is 3. The minimum absolute atomic E-state index is 0.521. The Morgan fingerprint density at radius 3 is 2.32 bits per heavy atom. The highest BCUT2D eigenvalue weighted by Crippen LogP contribution is 2.39. The van der Waals surface area contributed by atoms with Crippen molar-refractivity contribution in [3.05, 3.63) is 101 Å². The van der Waals surface area contributed by atoms with Gasteiger partial charge in [0.25, 0.3) is 0 Å². The van der Waals surface area contributed by atoms with Crippen LogP contribution in [0.2, 0.25) is 5.02 Å². The first kappa shape index (κ1) is 19.5. The van der Waals surface area contributed by atoms with Crippen LogP contribution in [0.3, 0.4) is 0 Å². The zero-order valence-corrected chi connectivity index (χ0v) is 17.9. The Bertz CT molecular complexity index is 1300. The van der Waals surface area contributed by atoms with Gasteiger partial charge >= 0.3 is 0 Å². The number of ether oxygens (including phenoxy) is 2. The monoisotopic (exact) mass is 444 g/mol. The topological polar surface area (TPSA) is 44.2 Å². The molecule has 2 heterocycles. The predicted molar refractivity (Wildman–Crippen MR) is 125 cm³/mol. The van der Waals surface area contributed by atoms with Crippen LogP contribution < -0.4 is 9.47 Å². The first-order valence-corrected chi connectivity index (χ1v) is 10.9. The molecule has 0 amide bonds. The van der Waals surface area contributed by atoms with Crippen LogP contribution in [0, 0.1) is 0 Å². The van der Waals surface area contributed by atoms with Crippen molar-refractivity contribution in [1.82, 2.24) is 9.97 Å². The highest BCUT2D eigenvalue weighted by atomic mass is 35.5. The van der Waals surface area contributed by atoms with Crippen LogP contribution in [0.5, 0.6) is 17.4 Å². The summed E-state index contributed by atoms with van der Waals surface area (Å²) in [6.07, 6.45) is 1.52. The van der Waals surface area contributed by atoms with Crippen molar-refractivity contribution >= 4 is 33.2 Å². The Hall–Kier alpha value is -3.41. The van der Waals surface area contributed by atoms with Crippen molar-refractivity contribution in [3.8, 4) is 28.5 Å². The smallest absolute Gasteiger partial charge is 0.231 e. The molecule has 5 aromatic rings. The molecule has 0 saturated carbocycles. The standard InChI is InChI=1S/C25H17ClN2O2S/c26-19-8-6-18(7-9-19)22-15-31-25-23(22)24(27-16-28-25)30-21-12-10-20(11-13-21)29-14-17-4-2-1-3-5-17/h1-13,15-16H,14H2. The van der Waals surface area contributed by atoms with Gasteiger partial charge in [-0.1, -0.05) is 54.1 Å². The van der Waals surface area contributed by atoms with Crippen LogP contribution in [0.15, 0.2) is 90.6 Å². The minimum atomic E-state index is 0.521. The molecule has 6 heteroatoms. The van der Waals surface area contributed by atoms with E-state index >= 15 is 0 Å². The van der Waals surface area contributed by atoms with E-state index in [1.807, 2.05) is 78.9 Å². The molecule has 0 spiro atoms. The van der Waals surface area contributed by atoms with Gasteiger partial charge in [0.2, 0.25) is 5.88 Å². The van der Waals surface area contributed by atoms with Crippen LogP contribution >= 0.6 is 22.9 Å². The lowest BCUT2D eigenvalue weighted by Gasteiger charge is -2.09. The number of thiophene rings is 1. The molecule has 0 aliphatic heterocycles. The fraction of sp³-hybridized carbons (Fsp3) is 0.0400. The maximum atomic E-state index is 6.13. The van der Waals surface area contributed by atoms with Crippen LogP contribution in [0.25, 0.3) is 21.3 Å². The summed E-state index contributed by atoms with van der Waals surface area (Å²) in [5.74, 6) is 1.98. The van der Waals surface area contributed by atoms with E-state index in [4.69, 9.17) is 21.1 Å². The van der Waals surface area contributed by atoms with E-state index in [0.717, 1.165) is 32.7 Å². The summed E-state index contributed by atoms with van der Waals surface area (Å²) < 4.78 is 12.0. The van der Waals surface area contributed by atoms with Gasteiger partial charge in [-0.15, -0.1) is 11.3 Å². The van der Waals surface area contributed by atoms with Crippen molar-refractivity contribution in [2.45, 2.75) is 6.61 Å². The Morgan fingerprint density at radius 2 is 1.55 bits per heavy atom. The van der Waals surface area contributed by atoms with E-state index < -0.39 is 0 Å². The van der Waals surface area contributed by atoms with Crippen LogP contribution in [0.1, 0.15) is 5.56 Å². The highest BCUT2D eigenvalue weighted by Gasteiger charge is 2.15. The van der Waals surface area contributed by atoms with E-state index in [2.05, 4.69) is 15.3 Å². The van der Waals surface area contributed by atoms with Gasteiger partial charge in [0.15, 0.2) is 0 Å². The fourth-order valence-corrected chi connectivity index (χ4v) is 4.26. The molecule has 0 fully saturated rings. The van der Waals surface area contributed by atoms with Gasteiger partial charge < -0.3 is 9.47 Å². The molecule has 5 rings (SSSR count). The first-order chi connectivity index (χ1) is 15.3. The van der Waals surface area contributed by atoms with Gasteiger partial charge in [-0.2, -0.15) is 0 Å². The zero-order chi connectivity index (χ0) is 21.0. The molecule has 152 valence electrons. The molecule has 0 radical (unpaired) electrons. The van der Waals surface area contributed by atoms with Crippen molar-refractivity contribution in [2.24, 2.45) is 0 Å². The second kappa shape index (κ2) is 8.76. The Morgan fingerprint density at radius 1 is 0.806 bits per heavy atom. The predicted octanol–water partition coefficient (Wildman–Crippen LogP) is 7.38. The molecule has 0 N–H and O–H groups in total. The van der Waals surface area contributed by atoms with Crippen LogP contribution in [-0.4, -0.2) is 9.97 Å². The molecular weight excluding hydrogens is 428 g/mol. The Labute approximate surface area is 188 Å². The van der Waals surface area contributed by atoms with Gasteiger partial charge in [-0.3, -0.25) is 0 Å². The quantitative estimate of drug-likeness (QED) is 0.274.